The Labute approximate surface area is 97.0 Å². The number of hydrogen-bond donors (Lipinski definition) is 3. The molecule has 15 heavy (non-hydrogen) atoms. The number of halogens is 1. The minimum Gasteiger partial charge on any atom is -1.00 e. The molecule has 0 radical (unpaired) electrons. The van der Waals surface area contributed by atoms with Crippen LogP contribution in [0.15, 0.2) is 24.3 Å². The molecule has 5 N–H and O–H groups in total. The molecule has 0 fully saturated rings. The van der Waals surface area contributed by atoms with Gasteiger partial charge in [-0.05, 0) is 23.1 Å². The molecule has 0 atom stereocenters. The van der Waals surface area contributed by atoms with Crippen molar-refractivity contribution in [3.05, 3.63) is 29.8 Å². The van der Waals surface area contributed by atoms with Crippen LogP contribution in [0.4, 0.5) is 5.69 Å². The molecule has 0 saturated heterocycles. The number of rotatable bonds is 1. The Morgan fingerprint density at radius 2 is 1.53 bits per heavy atom. The summed E-state index contributed by atoms with van der Waals surface area (Å²) in [6.45, 7) is 6.54. The molecular formula is C11H18ClN3. The number of hydrogen-bond acceptors (Lipinski definition) is 0. The van der Waals surface area contributed by atoms with E-state index in [0.29, 0.717) is 0 Å². The van der Waals surface area contributed by atoms with Gasteiger partial charge in [0.25, 0.3) is 0 Å². The van der Waals surface area contributed by atoms with E-state index in [1.807, 2.05) is 12.1 Å². The van der Waals surface area contributed by atoms with Gasteiger partial charge in [-0.15, -0.1) is 0 Å². The fraction of sp³-hybridized carbons (Fsp3) is 0.364. The van der Waals surface area contributed by atoms with Gasteiger partial charge in [-0.3, -0.25) is 11.5 Å². The van der Waals surface area contributed by atoms with E-state index in [0.717, 1.165) is 5.69 Å². The van der Waals surface area contributed by atoms with Gasteiger partial charge in [-0.2, -0.15) is 0 Å². The third-order valence-corrected chi connectivity index (χ3v) is 2.04. The van der Waals surface area contributed by atoms with Crippen molar-refractivity contribution < 1.29 is 17.4 Å². The predicted octanol–water partition coefficient (Wildman–Crippen LogP) is -3.03. The summed E-state index contributed by atoms with van der Waals surface area (Å²) < 4.78 is 0. The molecule has 0 saturated carbocycles. The molecule has 0 aliphatic carbocycles. The summed E-state index contributed by atoms with van der Waals surface area (Å²) >= 11 is 0. The molecule has 1 aromatic carbocycles. The summed E-state index contributed by atoms with van der Waals surface area (Å²) in [5.41, 5.74) is 13.0. The molecule has 0 amide bonds. The number of guanidine groups is 1. The second kappa shape index (κ2) is 5.03. The smallest absolute Gasteiger partial charge is 0.343 e. The van der Waals surface area contributed by atoms with Crippen LogP contribution in [0.3, 0.4) is 0 Å². The quantitative estimate of drug-likeness (QED) is 0.353. The van der Waals surface area contributed by atoms with Crippen LogP contribution in [0.5, 0.6) is 0 Å². The summed E-state index contributed by atoms with van der Waals surface area (Å²) in [4.78, 5) is 2.86. The van der Waals surface area contributed by atoms with Gasteiger partial charge in [0.1, 0.15) is 0 Å². The first-order chi connectivity index (χ1) is 6.39. The van der Waals surface area contributed by atoms with Gasteiger partial charge in [0.2, 0.25) is 0 Å². The zero-order valence-corrected chi connectivity index (χ0v) is 10.1. The van der Waals surface area contributed by atoms with Crippen LogP contribution in [0.2, 0.25) is 0 Å². The lowest BCUT2D eigenvalue weighted by molar-refractivity contribution is -0.356. The maximum Gasteiger partial charge on any atom is 0.343 e. The second-order valence-electron chi connectivity index (χ2n) is 4.41. The average molecular weight is 228 g/mol. The van der Waals surface area contributed by atoms with Gasteiger partial charge >= 0.3 is 5.96 Å². The number of benzene rings is 1. The topological polar surface area (TPSA) is 66.0 Å². The molecule has 0 heterocycles. The van der Waals surface area contributed by atoms with Crippen molar-refractivity contribution in [2.75, 3.05) is 0 Å². The largest absolute Gasteiger partial charge is 1.00 e. The third-order valence-electron chi connectivity index (χ3n) is 2.04. The molecular weight excluding hydrogens is 210 g/mol. The Bertz CT molecular complexity index is 332. The van der Waals surface area contributed by atoms with Gasteiger partial charge in [0.05, 0.1) is 5.69 Å². The highest BCUT2D eigenvalue weighted by molar-refractivity contribution is 5.70. The highest BCUT2D eigenvalue weighted by Gasteiger charge is 2.12. The van der Waals surface area contributed by atoms with E-state index in [4.69, 9.17) is 11.5 Å². The Morgan fingerprint density at radius 3 is 1.87 bits per heavy atom. The third kappa shape index (κ3) is 4.21. The van der Waals surface area contributed by atoms with Crippen molar-refractivity contribution in [3.8, 4) is 0 Å². The zero-order chi connectivity index (χ0) is 10.8. The SMILES string of the molecule is CC(C)(C)c1ccc([NH+]=C(N)N)cc1.[Cl-]. The highest BCUT2D eigenvalue weighted by atomic mass is 35.5. The maximum absolute atomic E-state index is 5.33. The lowest BCUT2D eigenvalue weighted by Crippen LogP contribution is -3.00. The molecule has 0 aliphatic rings. The van der Waals surface area contributed by atoms with Crippen LogP contribution < -0.4 is 28.9 Å². The van der Waals surface area contributed by atoms with Crippen molar-refractivity contribution in [2.24, 2.45) is 11.5 Å². The molecule has 1 aromatic rings. The van der Waals surface area contributed by atoms with E-state index in [1.54, 1.807) is 0 Å². The van der Waals surface area contributed by atoms with Crippen LogP contribution in [-0.2, 0) is 5.41 Å². The Hall–Kier alpha value is -1.22. The van der Waals surface area contributed by atoms with Gasteiger partial charge < -0.3 is 12.4 Å². The molecule has 0 aliphatic heterocycles. The lowest BCUT2D eigenvalue weighted by atomic mass is 9.87. The first-order valence-electron chi connectivity index (χ1n) is 4.65. The molecule has 1 rings (SSSR count). The first kappa shape index (κ1) is 13.8. The zero-order valence-electron chi connectivity index (χ0n) is 9.34. The van der Waals surface area contributed by atoms with Crippen LogP contribution in [-0.4, -0.2) is 5.96 Å². The van der Waals surface area contributed by atoms with Gasteiger partial charge in [0, 0.05) is 0 Å². The summed E-state index contributed by atoms with van der Waals surface area (Å²) in [5.74, 6) is 0.216. The van der Waals surface area contributed by atoms with E-state index in [2.05, 4.69) is 37.9 Å². The standard InChI is InChI=1S/C11H17N3.ClH/c1-11(2,3)8-4-6-9(7-5-8)14-10(12)13;/h4-7H,1-3H3,(H4,12,13,14);1H. The predicted molar refractivity (Wildman–Crippen MR) is 59.1 cm³/mol. The monoisotopic (exact) mass is 227 g/mol. The van der Waals surface area contributed by atoms with Crippen molar-refractivity contribution in [3.63, 3.8) is 0 Å². The Kier molecular flexibility index (Phi) is 4.62. The fourth-order valence-corrected chi connectivity index (χ4v) is 1.22. The summed E-state index contributed by atoms with van der Waals surface area (Å²) in [6, 6.07) is 8.09. The van der Waals surface area contributed by atoms with Crippen molar-refractivity contribution in [2.45, 2.75) is 26.2 Å². The number of nitrogens with one attached hydrogen (secondary N) is 1. The summed E-state index contributed by atoms with van der Waals surface area (Å²) in [6.07, 6.45) is 0. The van der Waals surface area contributed by atoms with Crippen molar-refractivity contribution >= 4 is 11.6 Å². The Balaban J connectivity index is 0.00000196. The van der Waals surface area contributed by atoms with Crippen LogP contribution >= 0.6 is 0 Å². The lowest BCUT2D eigenvalue weighted by Gasteiger charge is -2.18. The molecule has 0 bridgehead atoms. The van der Waals surface area contributed by atoms with Crippen LogP contribution in [0.1, 0.15) is 26.3 Å². The minimum atomic E-state index is 0. The van der Waals surface area contributed by atoms with Gasteiger partial charge in [-0.25, -0.2) is 4.99 Å². The second-order valence-corrected chi connectivity index (χ2v) is 4.41. The van der Waals surface area contributed by atoms with Gasteiger partial charge in [0.15, 0.2) is 0 Å². The van der Waals surface area contributed by atoms with Crippen LogP contribution in [0, 0.1) is 0 Å². The Morgan fingerprint density at radius 1 is 1.07 bits per heavy atom. The normalized spacial score (nSPS) is 10.3. The van der Waals surface area contributed by atoms with Crippen molar-refractivity contribution in [1.29, 1.82) is 0 Å². The molecule has 4 heteroatoms. The molecule has 3 nitrogen and oxygen atoms in total. The maximum atomic E-state index is 5.33. The minimum absolute atomic E-state index is 0. The molecule has 84 valence electrons. The van der Waals surface area contributed by atoms with Gasteiger partial charge in [-0.1, -0.05) is 32.9 Å². The van der Waals surface area contributed by atoms with Crippen molar-refractivity contribution in [1.82, 2.24) is 0 Å². The highest BCUT2D eigenvalue weighted by Crippen LogP contribution is 2.22. The van der Waals surface area contributed by atoms with E-state index in [9.17, 15) is 0 Å². The van der Waals surface area contributed by atoms with E-state index < -0.39 is 0 Å². The first-order valence-corrected chi connectivity index (χ1v) is 4.65. The molecule has 0 aromatic heterocycles. The van der Waals surface area contributed by atoms with E-state index >= 15 is 0 Å². The van der Waals surface area contributed by atoms with Crippen LogP contribution in [0.25, 0.3) is 0 Å². The van der Waals surface area contributed by atoms with E-state index in [1.165, 1.54) is 5.56 Å². The number of nitrogens with two attached hydrogens (primary N) is 2. The fourth-order valence-electron chi connectivity index (χ4n) is 1.22. The van der Waals surface area contributed by atoms with E-state index in [-0.39, 0.29) is 23.8 Å². The summed E-state index contributed by atoms with van der Waals surface area (Å²) in [7, 11) is 0. The summed E-state index contributed by atoms with van der Waals surface area (Å²) in [5, 5.41) is 0. The molecule has 0 spiro atoms. The average Bonchev–Trinajstić information content (AvgIpc) is 2.02. The molecule has 0 unspecified atom stereocenters.